The highest BCUT2D eigenvalue weighted by atomic mass is 32.1. The molecule has 5 heteroatoms. The fourth-order valence-corrected chi connectivity index (χ4v) is 4.44. The van der Waals surface area contributed by atoms with Crippen molar-refractivity contribution in [1.29, 1.82) is 0 Å². The number of hydrogen-bond acceptors (Lipinski definition) is 4. The van der Waals surface area contributed by atoms with Gasteiger partial charge in [0, 0.05) is 11.4 Å². The van der Waals surface area contributed by atoms with Crippen molar-refractivity contribution < 1.29 is 4.74 Å². The van der Waals surface area contributed by atoms with E-state index in [1.165, 1.54) is 16.0 Å². The monoisotopic (exact) mass is 326 g/mol. The molecule has 0 spiro atoms. The summed E-state index contributed by atoms with van der Waals surface area (Å²) in [6.07, 6.45) is 5.79. The third-order valence-corrected chi connectivity index (χ3v) is 5.69. The zero-order valence-corrected chi connectivity index (χ0v) is 13.9. The maximum absolute atomic E-state index is 12.8. The lowest BCUT2D eigenvalue weighted by atomic mass is 10.1. The fourth-order valence-electron chi connectivity index (χ4n) is 3.22. The van der Waals surface area contributed by atoms with Crippen molar-refractivity contribution in [3.63, 3.8) is 0 Å². The summed E-state index contributed by atoms with van der Waals surface area (Å²) in [7, 11) is 1.66. The Morgan fingerprint density at radius 3 is 2.87 bits per heavy atom. The van der Waals surface area contributed by atoms with Crippen LogP contribution in [0.2, 0.25) is 0 Å². The van der Waals surface area contributed by atoms with Crippen molar-refractivity contribution in [2.75, 3.05) is 7.11 Å². The molecule has 0 radical (unpaired) electrons. The quantitative estimate of drug-likeness (QED) is 0.739. The van der Waals surface area contributed by atoms with Gasteiger partial charge in [0.25, 0.3) is 5.56 Å². The Kier molecular flexibility index (Phi) is 3.65. The average Bonchev–Trinajstić information content (AvgIpc) is 3.15. The van der Waals surface area contributed by atoms with Crippen LogP contribution >= 0.6 is 11.3 Å². The van der Waals surface area contributed by atoms with Crippen molar-refractivity contribution in [3.05, 3.63) is 57.0 Å². The Hall–Kier alpha value is -2.14. The van der Waals surface area contributed by atoms with E-state index in [0.717, 1.165) is 41.6 Å². The molecule has 0 saturated heterocycles. The maximum Gasteiger partial charge on any atom is 0.262 e. The third-order valence-electron chi connectivity index (χ3n) is 4.49. The van der Waals surface area contributed by atoms with Gasteiger partial charge in [-0.3, -0.25) is 9.36 Å². The van der Waals surface area contributed by atoms with Crippen LogP contribution in [0, 0.1) is 0 Å². The van der Waals surface area contributed by atoms with Gasteiger partial charge in [-0.15, -0.1) is 11.3 Å². The summed E-state index contributed by atoms with van der Waals surface area (Å²) in [5, 5.41) is 0.861. The first kappa shape index (κ1) is 14.5. The molecular weight excluding hydrogens is 308 g/mol. The second kappa shape index (κ2) is 5.81. The van der Waals surface area contributed by atoms with E-state index in [9.17, 15) is 4.79 Å². The predicted molar refractivity (Wildman–Crippen MR) is 92.6 cm³/mol. The molecule has 1 aliphatic rings. The number of benzene rings is 1. The van der Waals surface area contributed by atoms with E-state index in [1.807, 2.05) is 24.3 Å². The van der Waals surface area contributed by atoms with Crippen LogP contribution < -0.4 is 10.3 Å². The van der Waals surface area contributed by atoms with Crippen molar-refractivity contribution >= 4 is 21.6 Å². The van der Waals surface area contributed by atoms with Crippen LogP contribution in [-0.2, 0) is 25.8 Å². The van der Waals surface area contributed by atoms with E-state index in [2.05, 4.69) is 4.98 Å². The summed E-state index contributed by atoms with van der Waals surface area (Å²) >= 11 is 1.69. The Labute approximate surface area is 138 Å². The molecule has 2 aromatic heterocycles. The van der Waals surface area contributed by atoms with Crippen molar-refractivity contribution in [2.45, 2.75) is 32.2 Å². The molecule has 0 atom stereocenters. The minimum atomic E-state index is 0.114. The summed E-state index contributed by atoms with van der Waals surface area (Å²) in [4.78, 5) is 19.5. The summed E-state index contributed by atoms with van der Waals surface area (Å²) in [5.74, 6) is 0.850. The Morgan fingerprint density at radius 2 is 2.09 bits per heavy atom. The van der Waals surface area contributed by atoms with Gasteiger partial charge in [0.2, 0.25) is 0 Å². The van der Waals surface area contributed by atoms with Crippen molar-refractivity contribution in [1.82, 2.24) is 9.55 Å². The zero-order chi connectivity index (χ0) is 15.8. The van der Waals surface area contributed by atoms with E-state index < -0.39 is 0 Å². The number of aromatic nitrogens is 2. The first-order valence-corrected chi connectivity index (χ1v) is 8.70. The number of hydrogen-bond donors (Lipinski definition) is 0. The van der Waals surface area contributed by atoms with Gasteiger partial charge in [0.15, 0.2) is 0 Å². The highest BCUT2D eigenvalue weighted by Gasteiger charge is 2.21. The van der Waals surface area contributed by atoms with Gasteiger partial charge in [0.05, 0.1) is 18.8 Å². The van der Waals surface area contributed by atoms with Gasteiger partial charge in [-0.1, -0.05) is 12.1 Å². The second-order valence-electron chi connectivity index (χ2n) is 5.88. The maximum atomic E-state index is 12.8. The molecule has 23 heavy (non-hydrogen) atoms. The number of rotatable bonds is 4. The number of aryl methyl sites for hydroxylation is 4. The molecule has 0 N–H and O–H groups in total. The molecule has 0 amide bonds. The smallest absolute Gasteiger partial charge is 0.262 e. The third kappa shape index (κ3) is 2.55. The van der Waals surface area contributed by atoms with Gasteiger partial charge in [0.1, 0.15) is 10.6 Å². The molecule has 4 rings (SSSR count). The first-order chi connectivity index (χ1) is 11.3. The molecule has 0 saturated carbocycles. The molecule has 3 aromatic rings. The van der Waals surface area contributed by atoms with E-state index in [-0.39, 0.29) is 5.56 Å². The second-order valence-corrected chi connectivity index (χ2v) is 6.96. The first-order valence-electron chi connectivity index (χ1n) is 7.89. The average molecular weight is 326 g/mol. The van der Waals surface area contributed by atoms with Crippen LogP contribution in [0.1, 0.15) is 22.4 Å². The molecule has 0 fully saturated rings. The molecule has 0 aliphatic heterocycles. The van der Waals surface area contributed by atoms with Gasteiger partial charge >= 0.3 is 0 Å². The summed E-state index contributed by atoms with van der Waals surface area (Å²) in [6, 6.07) is 7.98. The topological polar surface area (TPSA) is 44.1 Å². The molecule has 118 valence electrons. The van der Waals surface area contributed by atoms with Crippen LogP contribution in [0.3, 0.4) is 0 Å². The van der Waals surface area contributed by atoms with Gasteiger partial charge < -0.3 is 4.74 Å². The fraction of sp³-hybridized carbons (Fsp3) is 0.333. The lowest BCUT2D eigenvalue weighted by molar-refractivity contribution is 0.414. The summed E-state index contributed by atoms with van der Waals surface area (Å²) in [5.41, 5.74) is 2.55. The molecule has 0 unspecified atom stereocenters. The molecule has 2 heterocycles. The lowest BCUT2D eigenvalue weighted by Gasteiger charge is -2.07. The van der Waals surface area contributed by atoms with Crippen LogP contribution in [0.5, 0.6) is 5.75 Å². The molecule has 1 aromatic carbocycles. The van der Waals surface area contributed by atoms with Gasteiger partial charge in [-0.2, -0.15) is 0 Å². The largest absolute Gasteiger partial charge is 0.497 e. The number of fused-ring (bicyclic) bond motifs is 3. The van der Waals surface area contributed by atoms with Crippen LogP contribution in [0.25, 0.3) is 10.2 Å². The highest BCUT2D eigenvalue weighted by Crippen LogP contribution is 2.34. The van der Waals surface area contributed by atoms with E-state index in [0.29, 0.717) is 6.54 Å². The van der Waals surface area contributed by atoms with Crippen LogP contribution in [-0.4, -0.2) is 16.7 Å². The number of methoxy groups -OCH3 is 1. The number of thiophene rings is 1. The normalized spacial score (nSPS) is 13.4. The van der Waals surface area contributed by atoms with Gasteiger partial charge in [-0.25, -0.2) is 4.98 Å². The number of ether oxygens (including phenoxy) is 1. The van der Waals surface area contributed by atoms with Crippen molar-refractivity contribution in [2.24, 2.45) is 0 Å². The standard InChI is InChI=1S/C18H18N2O2S/c1-22-13-7-5-12(6-8-13)9-10-20-11-19-17-16(18(20)21)14-3-2-4-15(14)23-17/h5-8,11H,2-4,9-10H2,1H3. The van der Waals surface area contributed by atoms with Crippen molar-refractivity contribution in [3.8, 4) is 5.75 Å². The Bertz CT molecular complexity index is 909. The predicted octanol–water partition coefficient (Wildman–Crippen LogP) is 3.20. The molecular formula is C18H18N2O2S. The summed E-state index contributed by atoms with van der Waals surface area (Å²) in [6.45, 7) is 0.652. The van der Waals surface area contributed by atoms with Crippen LogP contribution in [0.4, 0.5) is 0 Å². The molecule has 1 aliphatic carbocycles. The Morgan fingerprint density at radius 1 is 1.26 bits per heavy atom. The molecule has 4 nitrogen and oxygen atoms in total. The lowest BCUT2D eigenvalue weighted by Crippen LogP contribution is -2.21. The van der Waals surface area contributed by atoms with E-state index in [1.54, 1.807) is 29.3 Å². The van der Waals surface area contributed by atoms with E-state index >= 15 is 0 Å². The van der Waals surface area contributed by atoms with Gasteiger partial charge in [-0.05, 0) is 48.9 Å². The summed E-state index contributed by atoms with van der Waals surface area (Å²) < 4.78 is 6.92. The SMILES string of the molecule is COc1ccc(CCn2cnc3sc4c(c3c2=O)CCC4)cc1. The van der Waals surface area contributed by atoms with E-state index in [4.69, 9.17) is 4.74 Å². The zero-order valence-electron chi connectivity index (χ0n) is 13.0. The highest BCUT2D eigenvalue weighted by molar-refractivity contribution is 7.18. The number of nitrogens with zero attached hydrogens (tertiary/aromatic N) is 2. The minimum absolute atomic E-state index is 0.114. The molecule has 0 bridgehead atoms. The van der Waals surface area contributed by atoms with Crippen LogP contribution in [0.15, 0.2) is 35.4 Å². The minimum Gasteiger partial charge on any atom is -0.497 e. The Balaban J connectivity index is 1.61.